The third kappa shape index (κ3) is 11.5. The van der Waals surface area contributed by atoms with Crippen LogP contribution in [0.15, 0.2) is 106 Å². The Morgan fingerprint density at radius 2 is 1.05 bits per heavy atom. The van der Waals surface area contributed by atoms with Crippen molar-refractivity contribution in [3.8, 4) is 45.6 Å². The lowest BCUT2D eigenvalue weighted by Gasteiger charge is -2.47. The molecule has 0 radical (unpaired) electrons. The molecule has 0 saturated carbocycles. The van der Waals surface area contributed by atoms with Gasteiger partial charge in [-0.2, -0.15) is 14.4 Å². The molecular formula is C52H62F2N6O6. The van der Waals surface area contributed by atoms with Crippen LogP contribution < -0.4 is 29.0 Å². The second-order valence-electron chi connectivity index (χ2n) is 17.5. The molecule has 66 heavy (non-hydrogen) atoms. The molecule has 0 spiro atoms. The number of ether oxygens (including phenoxy) is 4. The number of benzene rings is 4. The molecule has 14 heteroatoms. The number of nitrogens with zero attached hydrogens (tertiary/aromatic N) is 6. The molecule has 2 fully saturated rings. The quantitative estimate of drug-likeness (QED) is 0.0723. The SMILES string of the molecule is CCOc1cc(CN2CCC(N(c3ncc(-c4ccccc4)o3)N(c3ncc(-c4ccc(F)cc4)o3)C3CCN(Cc4cc(OC(C)C)cc(OC(C)C)c4)CC3)CC2)cc(OCC)c1F. The number of hydrazine groups is 1. The number of oxazole rings is 2. The molecule has 0 N–H and O–H groups in total. The van der Waals surface area contributed by atoms with E-state index in [2.05, 4.69) is 32.0 Å². The lowest BCUT2D eigenvalue weighted by atomic mass is 10.0. The molecule has 0 unspecified atom stereocenters. The molecule has 350 valence electrons. The first-order valence-corrected chi connectivity index (χ1v) is 23.3. The van der Waals surface area contributed by atoms with E-state index in [1.807, 2.05) is 77.9 Å². The largest absolute Gasteiger partial charge is 0.491 e. The second-order valence-corrected chi connectivity index (χ2v) is 17.5. The van der Waals surface area contributed by atoms with Gasteiger partial charge in [-0.05, 0) is 127 Å². The number of likely N-dealkylation sites (tertiary alicyclic amines) is 2. The minimum absolute atomic E-state index is 0.0350. The summed E-state index contributed by atoms with van der Waals surface area (Å²) in [6, 6.07) is 26.7. The van der Waals surface area contributed by atoms with E-state index in [0.29, 0.717) is 43.3 Å². The molecule has 12 nitrogen and oxygen atoms in total. The van der Waals surface area contributed by atoms with Crippen LogP contribution in [0.3, 0.4) is 0 Å². The van der Waals surface area contributed by atoms with Crippen LogP contribution in [0.2, 0.25) is 0 Å². The first-order valence-electron chi connectivity index (χ1n) is 23.3. The summed E-state index contributed by atoms with van der Waals surface area (Å²) in [4.78, 5) is 14.7. The maximum Gasteiger partial charge on any atom is 0.317 e. The molecule has 2 saturated heterocycles. The van der Waals surface area contributed by atoms with Gasteiger partial charge in [0.05, 0.1) is 49.9 Å². The molecular weight excluding hydrogens is 843 g/mol. The fraction of sp³-hybridized carbons (Fsp3) is 0.423. The number of rotatable bonds is 19. The molecule has 2 aliphatic rings. The zero-order valence-corrected chi connectivity index (χ0v) is 38.9. The summed E-state index contributed by atoms with van der Waals surface area (Å²) in [6.45, 7) is 17.0. The summed E-state index contributed by atoms with van der Waals surface area (Å²) in [6.07, 6.45) is 6.66. The van der Waals surface area contributed by atoms with Gasteiger partial charge in [0.1, 0.15) is 17.3 Å². The molecule has 0 amide bonds. The van der Waals surface area contributed by atoms with Crippen molar-refractivity contribution in [3.05, 3.63) is 120 Å². The predicted molar refractivity (Wildman–Crippen MR) is 252 cm³/mol. The molecule has 4 heterocycles. The van der Waals surface area contributed by atoms with Gasteiger partial charge < -0.3 is 27.8 Å². The van der Waals surface area contributed by atoms with Crippen molar-refractivity contribution in [3.63, 3.8) is 0 Å². The first kappa shape index (κ1) is 46.4. The maximum atomic E-state index is 15.2. The lowest BCUT2D eigenvalue weighted by Crippen LogP contribution is -2.59. The van der Waals surface area contributed by atoms with Crippen molar-refractivity contribution in [2.45, 2.75) is 105 Å². The Morgan fingerprint density at radius 3 is 1.48 bits per heavy atom. The number of anilines is 2. The summed E-state index contributed by atoms with van der Waals surface area (Å²) in [5.74, 6) is 2.37. The monoisotopic (exact) mass is 904 g/mol. The van der Waals surface area contributed by atoms with Gasteiger partial charge in [0.2, 0.25) is 5.82 Å². The van der Waals surface area contributed by atoms with E-state index >= 15 is 4.39 Å². The van der Waals surface area contributed by atoms with Gasteiger partial charge in [-0.15, -0.1) is 0 Å². The fourth-order valence-electron chi connectivity index (χ4n) is 8.88. The van der Waals surface area contributed by atoms with Gasteiger partial charge in [0, 0.05) is 56.5 Å². The summed E-state index contributed by atoms with van der Waals surface area (Å²) in [7, 11) is 0. The first-order chi connectivity index (χ1) is 32.0. The van der Waals surface area contributed by atoms with Gasteiger partial charge >= 0.3 is 12.0 Å². The number of halogens is 2. The Morgan fingerprint density at radius 1 is 0.606 bits per heavy atom. The van der Waals surface area contributed by atoms with Crippen molar-refractivity contribution in [1.29, 1.82) is 0 Å². The molecule has 0 atom stereocenters. The molecule has 0 bridgehead atoms. The van der Waals surface area contributed by atoms with Gasteiger partial charge in [-0.25, -0.2) is 14.4 Å². The minimum atomic E-state index is -0.478. The van der Waals surface area contributed by atoms with Crippen LogP contribution in [0.5, 0.6) is 23.0 Å². The van der Waals surface area contributed by atoms with Crippen molar-refractivity contribution < 1.29 is 36.6 Å². The molecule has 2 aliphatic heterocycles. The van der Waals surface area contributed by atoms with E-state index in [4.69, 9.17) is 37.7 Å². The fourth-order valence-corrected chi connectivity index (χ4v) is 8.88. The van der Waals surface area contributed by atoms with E-state index in [9.17, 15) is 4.39 Å². The number of piperidine rings is 2. The van der Waals surface area contributed by atoms with E-state index in [1.165, 1.54) is 12.1 Å². The van der Waals surface area contributed by atoms with Crippen molar-refractivity contribution in [2.75, 3.05) is 49.4 Å². The van der Waals surface area contributed by atoms with Crippen LogP contribution in [-0.4, -0.2) is 83.5 Å². The highest BCUT2D eigenvalue weighted by molar-refractivity contribution is 5.60. The van der Waals surface area contributed by atoms with Gasteiger partial charge in [0.15, 0.2) is 23.0 Å². The topological polar surface area (TPSA) is 102 Å². The second kappa shape index (κ2) is 21.5. The Balaban J connectivity index is 1.10. The zero-order chi connectivity index (χ0) is 46.2. The smallest absolute Gasteiger partial charge is 0.317 e. The highest BCUT2D eigenvalue weighted by Gasteiger charge is 2.39. The standard InChI is InChI=1S/C52H62F2N6O6/c1-7-61-46-28-38(29-47(50(46)54)62-8-2)34-58-24-20-43(21-25-58)59(51-55-31-48(65-51)39-12-10-9-11-13-39)60(52-56-32-49(66-52)40-14-16-41(53)17-15-40)42-18-22-57(23-19-42)33-37-26-44(63-35(3)4)30-45(27-37)64-36(5)6/h9-17,26-32,35-36,42-43H,7-8,18-25,33-34H2,1-6H3. The number of hydrogen-bond donors (Lipinski definition) is 0. The summed E-state index contributed by atoms with van der Waals surface area (Å²) >= 11 is 0. The van der Waals surface area contributed by atoms with Gasteiger partial charge in [-0.3, -0.25) is 9.80 Å². The minimum Gasteiger partial charge on any atom is -0.491 e. The van der Waals surface area contributed by atoms with Crippen LogP contribution in [0.25, 0.3) is 22.6 Å². The summed E-state index contributed by atoms with van der Waals surface area (Å²) in [5, 5.41) is 4.34. The highest BCUT2D eigenvalue weighted by Crippen LogP contribution is 2.38. The zero-order valence-electron chi connectivity index (χ0n) is 38.9. The van der Waals surface area contributed by atoms with Crippen molar-refractivity contribution in [1.82, 2.24) is 19.8 Å². The number of aromatic nitrogens is 2. The molecule has 6 aromatic rings. The molecule has 4 aromatic carbocycles. The number of hydrogen-bond acceptors (Lipinski definition) is 12. The lowest BCUT2D eigenvalue weighted by molar-refractivity contribution is 0.177. The molecule has 0 aliphatic carbocycles. The van der Waals surface area contributed by atoms with Crippen LogP contribution in [-0.2, 0) is 13.1 Å². The third-order valence-electron chi connectivity index (χ3n) is 11.8. The van der Waals surface area contributed by atoms with E-state index in [1.54, 1.807) is 36.7 Å². The highest BCUT2D eigenvalue weighted by atomic mass is 19.1. The van der Waals surface area contributed by atoms with E-state index in [-0.39, 0.29) is 41.6 Å². The Kier molecular flexibility index (Phi) is 15.1. The molecule has 8 rings (SSSR count). The van der Waals surface area contributed by atoms with Gasteiger partial charge in [0.25, 0.3) is 0 Å². The van der Waals surface area contributed by atoms with Crippen LogP contribution in [0.4, 0.5) is 20.8 Å². The average molecular weight is 905 g/mol. The van der Waals surface area contributed by atoms with Crippen LogP contribution in [0.1, 0.15) is 78.4 Å². The normalized spacial score (nSPS) is 15.4. The van der Waals surface area contributed by atoms with E-state index in [0.717, 1.165) is 92.2 Å². The predicted octanol–water partition coefficient (Wildman–Crippen LogP) is 11.2. The van der Waals surface area contributed by atoms with Crippen LogP contribution >= 0.6 is 0 Å². The Labute approximate surface area is 387 Å². The Hall–Kier alpha value is -6.12. The van der Waals surface area contributed by atoms with Crippen molar-refractivity contribution >= 4 is 12.0 Å². The summed E-state index contributed by atoms with van der Waals surface area (Å²) < 4.78 is 66.2. The van der Waals surface area contributed by atoms with Gasteiger partial charge in [-0.1, -0.05) is 30.3 Å². The maximum absolute atomic E-state index is 15.2. The van der Waals surface area contributed by atoms with Crippen molar-refractivity contribution in [2.24, 2.45) is 0 Å². The average Bonchev–Trinajstić information content (AvgIpc) is 3.99. The third-order valence-corrected chi connectivity index (χ3v) is 11.8. The Bertz CT molecular complexity index is 2410. The van der Waals surface area contributed by atoms with E-state index < -0.39 is 5.82 Å². The van der Waals surface area contributed by atoms with Crippen LogP contribution in [0, 0.1) is 11.6 Å². The summed E-state index contributed by atoms with van der Waals surface area (Å²) in [5.41, 5.74) is 3.68. The molecule has 2 aromatic heterocycles.